The van der Waals surface area contributed by atoms with Gasteiger partial charge in [0, 0.05) is 0 Å². The van der Waals surface area contributed by atoms with E-state index in [-0.39, 0.29) is 23.6 Å². The molecule has 15 heteroatoms. The van der Waals surface area contributed by atoms with Crippen LogP contribution in [0.25, 0.3) is 11.2 Å². The van der Waals surface area contributed by atoms with Crippen LogP contribution in [0.5, 0.6) is 5.75 Å². The summed E-state index contributed by atoms with van der Waals surface area (Å²) in [6, 6.07) is 7.19. The smallest absolute Gasteiger partial charge is 0.459 e. The number of ether oxygens (including phenoxy) is 2. The molecule has 1 aliphatic rings. The quantitative estimate of drug-likeness (QED) is 0.202. The first kappa shape index (κ1) is 29.8. The summed E-state index contributed by atoms with van der Waals surface area (Å²) in [5.74, 6) is -0.289. The zero-order valence-corrected chi connectivity index (χ0v) is 23.8. The highest BCUT2D eigenvalue weighted by molar-refractivity contribution is 7.52. The van der Waals surface area contributed by atoms with E-state index in [4.69, 9.17) is 24.3 Å². The lowest BCUT2D eigenvalue weighted by Crippen LogP contribution is -2.41. The number of nitrogen functional groups attached to an aromatic ring is 1. The fourth-order valence-corrected chi connectivity index (χ4v) is 5.73. The van der Waals surface area contributed by atoms with Crippen molar-refractivity contribution in [3.05, 3.63) is 43.0 Å². The van der Waals surface area contributed by atoms with Crippen LogP contribution in [0.3, 0.4) is 0 Å². The largest absolute Gasteiger partial charge is 0.464 e. The number of nitrogens with two attached hydrogens (primary N) is 1. The Morgan fingerprint density at radius 1 is 1.18 bits per heavy atom. The number of anilines is 1. The van der Waals surface area contributed by atoms with Crippen LogP contribution in [0, 0.1) is 5.41 Å². The van der Waals surface area contributed by atoms with Gasteiger partial charge in [0.2, 0.25) is 0 Å². The van der Waals surface area contributed by atoms with Crippen molar-refractivity contribution in [3.63, 3.8) is 0 Å². The molecule has 1 aliphatic heterocycles. The normalized spacial score (nSPS) is 24.4. The maximum Gasteiger partial charge on any atom is 0.459 e. The number of carbonyl (C=O) groups excluding carboxylic acids is 1. The van der Waals surface area contributed by atoms with Gasteiger partial charge in [0.15, 0.2) is 17.7 Å². The number of fused-ring (bicyclic) bond motifs is 1. The van der Waals surface area contributed by atoms with Gasteiger partial charge in [-0.15, -0.1) is 0 Å². The highest BCUT2D eigenvalue weighted by Crippen LogP contribution is 2.48. The monoisotopic (exact) mass is 578 g/mol. The Kier molecular flexibility index (Phi) is 8.78. The Balaban J connectivity index is 1.53. The van der Waals surface area contributed by atoms with E-state index >= 15 is 0 Å². The van der Waals surface area contributed by atoms with E-state index in [0.29, 0.717) is 11.2 Å². The molecule has 0 aliphatic carbocycles. The molecule has 40 heavy (non-hydrogen) atoms. The zero-order chi connectivity index (χ0) is 29.2. The second kappa shape index (κ2) is 11.8. The molecule has 5 unspecified atom stereocenters. The van der Waals surface area contributed by atoms with E-state index < -0.39 is 50.4 Å². The average Bonchev–Trinajstić information content (AvgIpc) is 3.44. The van der Waals surface area contributed by atoms with Crippen LogP contribution in [0.1, 0.15) is 40.8 Å². The molecule has 218 valence electrons. The minimum Gasteiger partial charge on any atom is -0.464 e. The molecule has 14 nitrogen and oxygen atoms in total. The third-order valence-electron chi connectivity index (χ3n) is 6.03. The van der Waals surface area contributed by atoms with Gasteiger partial charge in [-0.1, -0.05) is 39.0 Å². The van der Waals surface area contributed by atoms with E-state index in [1.807, 2.05) is 20.8 Å². The molecule has 1 saturated heterocycles. The Bertz CT molecular complexity index is 1370. The van der Waals surface area contributed by atoms with Gasteiger partial charge in [-0.05, 0) is 31.4 Å². The van der Waals surface area contributed by atoms with E-state index in [9.17, 15) is 19.6 Å². The third-order valence-corrected chi connectivity index (χ3v) is 7.79. The first-order chi connectivity index (χ1) is 18.8. The van der Waals surface area contributed by atoms with Gasteiger partial charge in [0.25, 0.3) is 0 Å². The highest BCUT2D eigenvalue weighted by atomic mass is 31.2. The first-order valence-corrected chi connectivity index (χ1v) is 14.2. The lowest BCUT2D eigenvalue weighted by molar-refractivity contribution is -0.148. The van der Waals surface area contributed by atoms with Crippen molar-refractivity contribution in [1.82, 2.24) is 24.6 Å². The first-order valence-electron chi connectivity index (χ1n) is 12.7. The number of aromatic nitrogens is 4. The standard InChI is InChI=1S/C25H35N6O8P/c1-14(24(34)36-11-25(3,4)5)30-40(35,39-16-9-7-6-8-10-16)38-15(2)20-18(32)19(33)23(37-20)31-13-29-17-21(26)27-12-28-22(17)31/h6-10,12-15,18-20,23,32-33H,11H2,1-5H3,(H,30,35)(H2,26,27,28)/t14?,15?,18?,19?,20-,23-,40?/m1/s1. The van der Waals surface area contributed by atoms with Gasteiger partial charge >= 0.3 is 13.7 Å². The number of hydrogen-bond acceptors (Lipinski definition) is 12. The van der Waals surface area contributed by atoms with Crippen LogP contribution >= 0.6 is 7.75 Å². The fraction of sp³-hybridized carbons (Fsp3) is 0.520. The van der Waals surface area contributed by atoms with Gasteiger partial charge in [-0.2, -0.15) is 5.09 Å². The van der Waals surface area contributed by atoms with Crippen LogP contribution in [-0.2, 0) is 23.4 Å². The second-order valence-electron chi connectivity index (χ2n) is 10.8. The van der Waals surface area contributed by atoms with Crippen LogP contribution in [0.2, 0.25) is 0 Å². The summed E-state index contributed by atoms with van der Waals surface area (Å²) in [7, 11) is -4.28. The number of carbonyl (C=O) groups is 1. The summed E-state index contributed by atoms with van der Waals surface area (Å²) in [5.41, 5.74) is 6.18. The van der Waals surface area contributed by atoms with E-state index in [1.54, 1.807) is 30.3 Å². The average molecular weight is 579 g/mol. The number of aliphatic hydroxyl groups is 2. The minimum atomic E-state index is -4.28. The lowest BCUT2D eigenvalue weighted by atomic mass is 9.99. The molecule has 3 aromatic rings. The van der Waals surface area contributed by atoms with Crippen molar-refractivity contribution < 1.29 is 38.1 Å². The molecule has 1 aromatic carbocycles. The van der Waals surface area contributed by atoms with Gasteiger partial charge in [0.05, 0.1) is 19.0 Å². The molecular weight excluding hydrogens is 543 g/mol. The van der Waals surface area contributed by atoms with E-state index in [0.717, 1.165) is 0 Å². The fourth-order valence-electron chi connectivity index (χ4n) is 4.04. The summed E-state index contributed by atoms with van der Waals surface area (Å²) in [5, 5.41) is 24.3. The van der Waals surface area contributed by atoms with Gasteiger partial charge in [-0.25, -0.2) is 19.5 Å². The van der Waals surface area contributed by atoms with Crippen LogP contribution in [0.4, 0.5) is 5.82 Å². The molecule has 0 radical (unpaired) electrons. The van der Waals surface area contributed by atoms with Crippen molar-refractivity contribution in [2.75, 3.05) is 12.3 Å². The molecule has 5 N–H and O–H groups in total. The van der Waals surface area contributed by atoms with Gasteiger partial charge < -0.3 is 29.9 Å². The van der Waals surface area contributed by atoms with Crippen molar-refractivity contribution in [3.8, 4) is 5.75 Å². The summed E-state index contributed by atoms with van der Waals surface area (Å²) in [6.45, 7) is 8.86. The predicted molar refractivity (Wildman–Crippen MR) is 144 cm³/mol. The van der Waals surface area contributed by atoms with Crippen LogP contribution in [0.15, 0.2) is 43.0 Å². The highest BCUT2D eigenvalue weighted by Gasteiger charge is 2.49. The number of para-hydroxylation sites is 1. The topological polar surface area (TPSA) is 193 Å². The molecule has 4 rings (SSSR count). The number of esters is 1. The summed E-state index contributed by atoms with van der Waals surface area (Å²) >= 11 is 0. The minimum absolute atomic E-state index is 0.144. The number of nitrogens with zero attached hydrogens (tertiary/aromatic N) is 4. The molecule has 2 aromatic heterocycles. The second-order valence-corrected chi connectivity index (χ2v) is 12.4. The Morgan fingerprint density at radius 3 is 2.55 bits per heavy atom. The van der Waals surface area contributed by atoms with Crippen molar-refractivity contribution >= 4 is 30.7 Å². The van der Waals surface area contributed by atoms with E-state index in [1.165, 1.54) is 31.1 Å². The van der Waals surface area contributed by atoms with Gasteiger partial charge in [0.1, 0.15) is 41.9 Å². The van der Waals surface area contributed by atoms with Crippen LogP contribution < -0.4 is 15.3 Å². The van der Waals surface area contributed by atoms with Gasteiger partial charge in [-0.3, -0.25) is 13.9 Å². The predicted octanol–water partition coefficient (Wildman–Crippen LogP) is 2.19. The Morgan fingerprint density at radius 2 is 1.88 bits per heavy atom. The molecular formula is C25H35N6O8P. The zero-order valence-electron chi connectivity index (χ0n) is 22.9. The van der Waals surface area contributed by atoms with Crippen molar-refractivity contribution in [2.24, 2.45) is 5.41 Å². The molecule has 0 spiro atoms. The van der Waals surface area contributed by atoms with E-state index in [2.05, 4.69) is 20.0 Å². The number of rotatable bonds is 10. The molecule has 3 heterocycles. The number of nitrogens with one attached hydrogen (secondary N) is 1. The molecule has 0 bridgehead atoms. The third kappa shape index (κ3) is 6.77. The van der Waals surface area contributed by atoms with Crippen LogP contribution in [-0.4, -0.2) is 72.8 Å². The number of aliphatic hydroxyl groups excluding tert-OH is 2. The maximum atomic E-state index is 14.0. The molecule has 0 amide bonds. The summed E-state index contributed by atoms with van der Waals surface area (Å²) in [4.78, 5) is 24.8. The SMILES string of the molecule is CC(NP(=O)(Oc1ccccc1)OC(C)[C@H]1O[C@@H](n2cnc3c(N)ncnc32)C(O)C1O)C(=O)OCC(C)(C)C. The number of benzene rings is 1. The molecule has 7 atom stereocenters. The Hall–Kier alpha value is -3.13. The van der Waals surface area contributed by atoms with Crippen molar-refractivity contribution in [1.29, 1.82) is 0 Å². The maximum absolute atomic E-state index is 14.0. The number of imidazole rings is 1. The molecule has 1 fully saturated rings. The summed E-state index contributed by atoms with van der Waals surface area (Å²) in [6.07, 6.45) is -3.63. The van der Waals surface area contributed by atoms with Crippen molar-refractivity contribution in [2.45, 2.75) is 71.3 Å². The number of hydrogen-bond donors (Lipinski definition) is 4. The summed E-state index contributed by atoms with van der Waals surface area (Å²) < 4.78 is 38.2. The molecule has 0 saturated carbocycles. The lowest BCUT2D eigenvalue weighted by Gasteiger charge is -2.29. The Labute approximate surface area is 231 Å².